The molecule has 1 saturated heterocycles. The van der Waals surface area contributed by atoms with Crippen LogP contribution in [0.15, 0.2) is 51.7 Å². The van der Waals surface area contributed by atoms with Crippen molar-refractivity contribution in [2.75, 3.05) is 6.61 Å². The van der Waals surface area contributed by atoms with Crippen molar-refractivity contribution in [1.82, 2.24) is 0 Å². The minimum atomic E-state index is -1.42. The van der Waals surface area contributed by atoms with Gasteiger partial charge < -0.3 is 32.8 Å². The molecule has 1 aliphatic rings. The van der Waals surface area contributed by atoms with E-state index in [4.69, 9.17) is 32.8 Å². The van der Waals surface area contributed by atoms with Crippen LogP contribution in [0.2, 0.25) is 0 Å². The van der Waals surface area contributed by atoms with Crippen LogP contribution < -0.4 is 10.4 Å². The first kappa shape index (κ1) is 27.6. The lowest BCUT2D eigenvalue weighted by molar-refractivity contribution is -0.288. The second kappa shape index (κ2) is 11.5. The van der Waals surface area contributed by atoms with Gasteiger partial charge in [0.25, 0.3) is 0 Å². The number of hydrogen-bond acceptors (Lipinski definition) is 12. The third-order valence-electron chi connectivity index (χ3n) is 5.79. The summed E-state index contributed by atoms with van der Waals surface area (Å²) in [5.74, 6) is -2.75. The molecule has 5 atom stereocenters. The molecule has 12 nitrogen and oxygen atoms in total. The average molecular weight is 542 g/mol. The van der Waals surface area contributed by atoms with Crippen LogP contribution in [0.4, 0.5) is 0 Å². The number of fused-ring (bicyclic) bond motifs is 3. The zero-order chi connectivity index (χ0) is 28.3. The Bertz CT molecular complexity index is 1470. The van der Waals surface area contributed by atoms with E-state index >= 15 is 0 Å². The smallest absolute Gasteiger partial charge is 0.344 e. The Morgan fingerprint density at radius 2 is 1.36 bits per heavy atom. The summed E-state index contributed by atoms with van der Waals surface area (Å²) in [6.07, 6.45) is -6.67. The minimum Gasteiger partial charge on any atom is -0.463 e. The summed E-state index contributed by atoms with van der Waals surface area (Å²) in [6, 6.07) is 11.7. The summed E-state index contributed by atoms with van der Waals surface area (Å²) >= 11 is 0. The molecule has 2 heterocycles. The van der Waals surface area contributed by atoms with Gasteiger partial charge in [-0.3, -0.25) is 19.2 Å². The van der Waals surface area contributed by atoms with Crippen LogP contribution in [-0.4, -0.2) is 61.2 Å². The number of carbonyl (C=O) groups excluding carboxylic acids is 4. The van der Waals surface area contributed by atoms with Crippen LogP contribution in [0.5, 0.6) is 5.75 Å². The van der Waals surface area contributed by atoms with E-state index in [2.05, 4.69) is 0 Å². The van der Waals surface area contributed by atoms with Crippen molar-refractivity contribution in [3.05, 3.63) is 52.9 Å². The Morgan fingerprint density at radius 3 is 2.00 bits per heavy atom. The van der Waals surface area contributed by atoms with E-state index in [1.54, 1.807) is 36.4 Å². The second-order valence-electron chi connectivity index (χ2n) is 8.78. The molecule has 3 aromatic rings. The predicted molar refractivity (Wildman–Crippen MR) is 133 cm³/mol. The van der Waals surface area contributed by atoms with Crippen molar-refractivity contribution in [1.29, 1.82) is 0 Å². The maximum Gasteiger partial charge on any atom is 0.344 e. The molecule has 0 aliphatic carbocycles. The fourth-order valence-corrected chi connectivity index (χ4v) is 4.35. The fraction of sp³-hybridized carbons (Fsp3) is 0.370. The van der Waals surface area contributed by atoms with Crippen molar-refractivity contribution in [3.63, 3.8) is 0 Å². The lowest BCUT2D eigenvalue weighted by atomic mass is 9.98. The number of hydrogen-bond donors (Lipinski definition) is 0. The first-order valence-electron chi connectivity index (χ1n) is 12.0. The molecule has 0 spiro atoms. The molecule has 206 valence electrons. The van der Waals surface area contributed by atoms with E-state index in [1.807, 2.05) is 0 Å². The summed E-state index contributed by atoms with van der Waals surface area (Å²) in [7, 11) is 0. The molecule has 1 fully saturated rings. The maximum atomic E-state index is 12.5. The molecular weight excluding hydrogens is 516 g/mol. The summed E-state index contributed by atoms with van der Waals surface area (Å²) in [5, 5.41) is 1.75. The lowest BCUT2D eigenvalue weighted by Gasteiger charge is -2.43. The molecule has 12 heteroatoms. The summed E-state index contributed by atoms with van der Waals surface area (Å²) < 4.78 is 38.6. The van der Waals surface area contributed by atoms with E-state index in [9.17, 15) is 24.0 Å². The van der Waals surface area contributed by atoms with Gasteiger partial charge in [0.1, 0.15) is 24.0 Å². The van der Waals surface area contributed by atoms with Gasteiger partial charge in [-0.05, 0) is 23.6 Å². The molecule has 4 rings (SSSR count). The van der Waals surface area contributed by atoms with Crippen LogP contribution in [0, 0.1) is 0 Å². The number of rotatable bonds is 7. The van der Waals surface area contributed by atoms with Gasteiger partial charge in [-0.2, -0.15) is 0 Å². The molecule has 2 aromatic carbocycles. The van der Waals surface area contributed by atoms with Crippen LogP contribution in [0.3, 0.4) is 0 Å². The highest BCUT2D eigenvalue weighted by Gasteiger charge is 2.53. The monoisotopic (exact) mass is 542 g/mol. The Labute approximate surface area is 221 Å². The van der Waals surface area contributed by atoms with Gasteiger partial charge in [0.2, 0.25) is 12.4 Å². The molecule has 0 amide bonds. The van der Waals surface area contributed by atoms with Gasteiger partial charge in [0.15, 0.2) is 12.2 Å². The van der Waals surface area contributed by atoms with Crippen LogP contribution >= 0.6 is 0 Å². The number of carbonyl (C=O) groups is 4. The summed E-state index contributed by atoms with van der Waals surface area (Å²) in [6.45, 7) is 4.16. The third-order valence-corrected chi connectivity index (χ3v) is 5.79. The van der Waals surface area contributed by atoms with Gasteiger partial charge in [-0.25, -0.2) is 4.79 Å². The standard InChI is InChI=1S/C27H26O12/c1-13(28)33-12-22-23(34-14(2)29)24(35-15(3)30)25(36-16(4)31)27(39-22)37-17-9-10-19-18-7-5-6-8-20(18)26(32)38-21(19)11-17/h5-11,22-25,27H,12H2,1-4H3. The van der Waals surface area contributed by atoms with Crippen molar-refractivity contribution in [3.8, 4) is 5.75 Å². The van der Waals surface area contributed by atoms with E-state index in [1.165, 1.54) is 13.0 Å². The van der Waals surface area contributed by atoms with Crippen LogP contribution in [-0.2, 0) is 42.9 Å². The van der Waals surface area contributed by atoms with Gasteiger partial charge in [0, 0.05) is 39.1 Å². The number of benzene rings is 2. The van der Waals surface area contributed by atoms with E-state index in [-0.39, 0.29) is 11.3 Å². The van der Waals surface area contributed by atoms with Crippen molar-refractivity contribution in [2.24, 2.45) is 0 Å². The normalized spacial score (nSPS) is 22.6. The first-order chi connectivity index (χ1) is 18.5. The molecule has 5 unspecified atom stereocenters. The quantitative estimate of drug-likeness (QED) is 0.186. The zero-order valence-electron chi connectivity index (χ0n) is 21.5. The van der Waals surface area contributed by atoms with Crippen molar-refractivity contribution < 1.29 is 52.0 Å². The van der Waals surface area contributed by atoms with E-state index in [0.29, 0.717) is 16.2 Å². The van der Waals surface area contributed by atoms with Crippen LogP contribution in [0.1, 0.15) is 27.7 Å². The highest BCUT2D eigenvalue weighted by molar-refractivity contribution is 6.04. The summed E-state index contributed by atoms with van der Waals surface area (Å²) in [5.41, 5.74) is -0.315. The van der Waals surface area contributed by atoms with Gasteiger partial charge >= 0.3 is 29.5 Å². The zero-order valence-corrected chi connectivity index (χ0v) is 21.5. The molecule has 0 N–H and O–H groups in total. The number of esters is 4. The molecule has 39 heavy (non-hydrogen) atoms. The lowest BCUT2D eigenvalue weighted by Crippen LogP contribution is -2.63. The van der Waals surface area contributed by atoms with Gasteiger partial charge in [-0.15, -0.1) is 0 Å². The molecule has 0 radical (unpaired) electrons. The SMILES string of the molecule is CC(=O)OCC1OC(Oc2ccc3c(c2)oc(=O)c2ccccc23)C(OC(C)=O)C(OC(C)=O)C1OC(C)=O. The highest BCUT2D eigenvalue weighted by Crippen LogP contribution is 2.32. The Balaban J connectivity index is 1.74. The average Bonchev–Trinajstić information content (AvgIpc) is 2.85. The molecule has 0 bridgehead atoms. The summed E-state index contributed by atoms with van der Waals surface area (Å²) in [4.78, 5) is 59.8. The van der Waals surface area contributed by atoms with Gasteiger partial charge in [-0.1, -0.05) is 18.2 Å². The fourth-order valence-electron chi connectivity index (χ4n) is 4.35. The molecule has 1 aliphatic heterocycles. The largest absolute Gasteiger partial charge is 0.463 e. The Hall–Kier alpha value is -4.45. The second-order valence-corrected chi connectivity index (χ2v) is 8.78. The number of ether oxygens (including phenoxy) is 6. The maximum absolute atomic E-state index is 12.5. The van der Waals surface area contributed by atoms with Crippen molar-refractivity contribution >= 4 is 45.6 Å². The van der Waals surface area contributed by atoms with Crippen molar-refractivity contribution in [2.45, 2.75) is 58.4 Å². The van der Waals surface area contributed by atoms with Gasteiger partial charge in [0.05, 0.1) is 5.39 Å². The minimum absolute atomic E-state index is 0.154. The molecule has 0 saturated carbocycles. The Kier molecular flexibility index (Phi) is 8.15. The van der Waals surface area contributed by atoms with E-state index in [0.717, 1.165) is 20.8 Å². The first-order valence-corrected chi connectivity index (χ1v) is 12.0. The third kappa shape index (κ3) is 6.34. The van der Waals surface area contributed by atoms with E-state index < -0.39 is 66.8 Å². The topological polar surface area (TPSA) is 154 Å². The highest BCUT2D eigenvalue weighted by atomic mass is 16.7. The Morgan fingerprint density at radius 1 is 0.744 bits per heavy atom. The molecule has 1 aromatic heterocycles. The van der Waals surface area contributed by atoms with Crippen LogP contribution in [0.25, 0.3) is 21.7 Å². The predicted octanol–water partition coefficient (Wildman–Crippen LogP) is 2.41. The molecular formula is C27H26O12.